The van der Waals surface area contributed by atoms with E-state index in [0.717, 1.165) is 24.8 Å². The molecule has 0 saturated heterocycles. The van der Waals surface area contributed by atoms with Gasteiger partial charge in [0.15, 0.2) is 0 Å². The van der Waals surface area contributed by atoms with Gasteiger partial charge in [0.25, 0.3) is 0 Å². The molecule has 0 unspecified atom stereocenters. The molecule has 0 aliphatic rings. The highest BCUT2D eigenvalue weighted by Crippen LogP contribution is 2.10. The molecule has 0 atom stereocenters. The Balaban J connectivity index is 2.52. The topological polar surface area (TPSA) is 29.5 Å². The number of aliphatic hydroxyl groups excluding tert-OH is 1. The van der Waals surface area contributed by atoms with Crippen LogP contribution in [0, 0.1) is 17.7 Å². The summed E-state index contributed by atoms with van der Waals surface area (Å²) in [7, 11) is 0. The van der Waals surface area contributed by atoms with Crippen LogP contribution < -0.4 is 0 Å². The number of ether oxygens (including phenoxy) is 1. The number of rotatable bonds is 7. The van der Waals surface area contributed by atoms with Crippen molar-refractivity contribution in [2.75, 3.05) is 13.2 Å². The van der Waals surface area contributed by atoms with Crippen molar-refractivity contribution in [3.05, 3.63) is 35.1 Å². The van der Waals surface area contributed by atoms with E-state index in [9.17, 15) is 4.39 Å². The van der Waals surface area contributed by atoms with Crippen LogP contribution in [0.3, 0.4) is 0 Å². The van der Waals surface area contributed by atoms with E-state index in [1.165, 1.54) is 12.1 Å². The molecule has 0 aromatic heterocycles. The summed E-state index contributed by atoms with van der Waals surface area (Å²) in [5, 5.41) is 8.64. The Labute approximate surface area is 114 Å². The maximum absolute atomic E-state index is 13.4. The highest BCUT2D eigenvalue weighted by atomic mass is 19.1. The van der Waals surface area contributed by atoms with Gasteiger partial charge in [0.2, 0.25) is 0 Å². The van der Waals surface area contributed by atoms with Gasteiger partial charge in [-0.2, -0.15) is 0 Å². The van der Waals surface area contributed by atoms with Crippen molar-refractivity contribution < 1.29 is 14.2 Å². The van der Waals surface area contributed by atoms with Crippen LogP contribution in [-0.2, 0) is 11.3 Å². The molecule has 0 spiro atoms. The Morgan fingerprint density at radius 3 is 2.84 bits per heavy atom. The Kier molecular flexibility index (Phi) is 7.88. The van der Waals surface area contributed by atoms with E-state index in [0.29, 0.717) is 25.2 Å². The van der Waals surface area contributed by atoms with E-state index in [1.54, 1.807) is 0 Å². The molecule has 0 fully saturated rings. The maximum atomic E-state index is 13.4. The van der Waals surface area contributed by atoms with E-state index in [-0.39, 0.29) is 12.4 Å². The molecular weight excluding hydrogens is 243 g/mol. The lowest BCUT2D eigenvalue weighted by molar-refractivity contribution is 0.117. The zero-order valence-corrected chi connectivity index (χ0v) is 11.4. The first kappa shape index (κ1) is 15.7. The fourth-order valence-electron chi connectivity index (χ4n) is 1.67. The first-order chi connectivity index (χ1) is 9.26. The lowest BCUT2D eigenvalue weighted by Crippen LogP contribution is -1.97. The standard InChI is InChI=1S/C16H21FO2/c1-2-3-6-9-19-13-15-10-14(7-4-5-8-18)11-16(17)12-15/h10-12,18H,2-3,5-6,8-9,13H2,1H3. The molecule has 1 aromatic rings. The van der Waals surface area contributed by atoms with Gasteiger partial charge in [-0.1, -0.05) is 31.6 Å². The summed E-state index contributed by atoms with van der Waals surface area (Å²) in [5.74, 6) is 5.31. The third-order valence-corrected chi connectivity index (χ3v) is 2.59. The van der Waals surface area contributed by atoms with E-state index in [4.69, 9.17) is 9.84 Å². The van der Waals surface area contributed by atoms with Gasteiger partial charge in [-0.05, 0) is 30.2 Å². The molecule has 0 amide bonds. The fourth-order valence-corrected chi connectivity index (χ4v) is 1.67. The quantitative estimate of drug-likeness (QED) is 0.605. The number of hydrogen-bond donors (Lipinski definition) is 1. The average Bonchev–Trinajstić information content (AvgIpc) is 2.38. The van der Waals surface area contributed by atoms with Crippen molar-refractivity contribution in [2.24, 2.45) is 0 Å². The Morgan fingerprint density at radius 1 is 1.26 bits per heavy atom. The van der Waals surface area contributed by atoms with Gasteiger partial charge in [0.05, 0.1) is 13.2 Å². The van der Waals surface area contributed by atoms with Crippen molar-refractivity contribution >= 4 is 0 Å². The Hall–Kier alpha value is -1.37. The van der Waals surface area contributed by atoms with E-state index in [2.05, 4.69) is 18.8 Å². The third-order valence-electron chi connectivity index (χ3n) is 2.59. The third kappa shape index (κ3) is 6.95. The molecule has 2 nitrogen and oxygen atoms in total. The van der Waals surface area contributed by atoms with Crippen LogP contribution in [0.5, 0.6) is 0 Å². The van der Waals surface area contributed by atoms with Gasteiger partial charge >= 0.3 is 0 Å². The van der Waals surface area contributed by atoms with Crippen LogP contribution in [0.15, 0.2) is 18.2 Å². The van der Waals surface area contributed by atoms with Gasteiger partial charge in [-0.3, -0.25) is 0 Å². The Morgan fingerprint density at radius 2 is 2.11 bits per heavy atom. The van der Waals surface area contributed by atoms with Crippen LogP contribution in [0.2, 0.25) is 0 Å². The minimum atomic E-state index is -0.303. The monoisotopic (exact) mass is 264 g/mol. The van der Waals surface area contributed by atoms with Crippen molar-refractivity contribution in [1.29, 1.82) is 0 Å². The van der Waals surface area contributed by atoms with Gasteiger partial charge < -0.3 is 9.84 Å². The van der Waals surface area contributed by atoms with E-state index >= 15 is 0 Å². The number of hydrogen-bond acceptors (Lipinski definition) is 2. The van der Waals surface area contributed by atoms with Crippen LogP contribution in [0.25, 0.3) is 0 Å². The summed E-state index contributed by atoms with van der Waals surface area (Å²) in [6.07, 6.45) is 3.75. The normalized spacial score (nSPS) is 10.1. The molecule has 0 aliphatic heterocycles. The van der Waals surface area contributed by atoms with Crippen LogP contribution >= 0.6 is 0 Å². The van der Waals surface area contributed by atoms with Crippen molar-refractivity contribution in [1.82, 2.24) is 0 Å². The molecule has 0 saturated carbocycles. The molecule has 1 N–H and O–H groups in total. The maximum Gasteiger partial charge on any atom is 0.124 e. The molecule has 0 heterocycles. The predicted molar refractivity (Wildman–Crippen MR) is 74.2 cm³/mol. The second kappa shape index (κ2) is 9.55. The van der Waals surface area contributed by atoms with Crippen molar-refractivity contribution in [3.63, 3.8) is 0 Å². The van der Waals surface area contributed by atoms with E-state index < -0.39 is 0 Å². The van der Waals surface area contributed by atoms with Gasteiger partial charge in [0, 0.05) is 18.6 Å². The summed E-state index contributed by atoms with van der Waals surface area (Å²) >= 11 is 0. The summed E-state index contributed by atoms with van der Waals surface area (Å²) in [6.45, 7) is 3.28. The summed E-state index contributed by atoms with van der Waals surface area (Å²) in [4.78, 5) is 0. The minimum absolute atomic E-state index is 0.0235. The zero-order valence-electron chi connectivity index (χ0n) is 11.4. The van der Waals surface area contributed by atoms with E-state index in [1.807, 2.05) is 6.07 Å². The largest absolute Gasteiger partial charge is 0.395 e. The molecule has 0 bridgehead atoms. The molecule has 0 radical (unpaired) electrons. The Bertz CT molecular complexity index is 432. The second-order valence-corrected chi connectivity index (χ2v) is 4.38. The molecule has 1 aromatic carbocycles. The summed E-state index contributed by atoms with van der Waals surface area (Å²) < 4.78 is 18.9. The highest BCUT2D eigenvalue weighted by Gasteiger charge is 2.00. The lowest BCUT2D eigenvalue weighted by atomic mass is 10.1. The van der Waals surface area contributed by atoms with Crippen molar-refractivity contribution in [3.8, 4) is 11.8 Å². The highest BCUT2D eigenvalue weighted by molar-refractivity contribution is 5.37. The summed E-state index contributed by atoms with van der Waals surface area (Å²) in [5.41, 5.74) is 1.42. The average molecular weight is 264 g/mol. The van der Waals surface area contributed by atoms with Gasteiger partial charge in [-0.25, -0.2) is 4.39 Å². The number of unbranched alkanes of at least 4 members (excludes halogenated alkanes) is 2. The van der Waals surface area contributed by atoms with Crippen LogP contribution in [0.1, 0.15) is 43.7 Å². The smallest absolute Gasteiger partial charge is 0.124 e. The van der Waals surface area contributed by atoms with Crippen LogP contribution in [0.4, 0.5) is 4.39 Å². The predicted octanol–water partition coefficient (Wildman–Crippen LogP) is 3.27. The minimum Gasteiger partial charge on any atom is -0.395 e. The van der Waals surface area contributed by atoms with Gasteiger partial charge in [0.1, 0.15) is 5.82 Å². The molecule has 3 heteroatoms. The van der Waals surface area contributed by atoms with Gasteiger partial charge in [-0.15, -0.1) is 0 Å². The molecular formula is C16H21FO2. The molecule has 104 valence electrons. The molecule has 1 rings (SSSR count). The second-order valence-electron chi connectivity index (χ2n) is 4.38. The lowest BCUT2D eigenvalue weighted by Gasteiger charge is -2.05. The summed E-state index contributed by atoms with van der Waals surface area (Å²) in [6, 6.07) is 4.69. The van der Waals surface area contributed by atoms with Crippen LogP contribution in [-0.4, -0.2) is 18.3 Å². The number of halogens is 1. The van der Waals surface area contributed by atoms with Crippen molar-refractivity contribution in [2.45, 2.75) is 39.2 Å². The SMILES string of the molecule is CCCCCOCc1cc(F)cc(C#CCCO)c1. The number of aliphatic hydroxyl groups is 1. The molecule has 19 heavy (non-hydrogen) atoms. The first-order valence-electron chi connectivity index (χ1n) is 6.73. The molecule has 0 aliphatic carbocycles. The number of benzene rings is 1. The fraction of sp³-hybridized carbons (Fsp3) is 0.500. The zero-order chi connectivity index (χ0) is 13.9. The first-order valence-corrected chi connectivity index (χ1v) is 6.73.